The Morgan fingerprint density at radius 1 is 1.00 bits per heavy atom. The Labute approximate surface area is 137 Å². The highest BCUT2D eigenvalue weighted by molar-refractivity contribution is 7.86. The maximum absolute atomic E-state index is 12.7. The fourth-order valence-corrected chi connectivity index (χ4v) is 4.46. The summed E-state index contributed by atoms with van der Waals surface area (Å²) in [6.07, 6.45) is 1.75. The predicted octanol–water partition coefficient (Wildman–Crippen LogP) is -0.208. The van der Waals surface area contributed by atoms with Crippen LogP contribution in [0.15, 0.2) is 6.20 Å². The van der Waals surface area contributed by atoms with Crippen LogP contribution in [0.3, 0.4) is 0 Å². The molecule has 0 radical (unpaired) electrons. The molecule has 2 fully saturated rings. The van der Waals surface area contributed by atoms with Gasteiger partial charge in [-0.2, -0.15) is 17.0 Å². The third-order valence-electron chi connectivity index (χ3n) is 4.21. The lowest BCUT2D eigenvalue weighted by molar-refractivity contribution is 0.0700. The van der Waals surface area contributed by atoms with E-state index in [1.54, 1.807) is 10.5 Å². The van der Waals surface area contributed by atoms with E-state index in [1.165, 1.54) is 4.31 Å². The first-order valence-corrected chi connectivity index (χ1v) is 9.26. The van der Waals surface area contributed by atoms with Gasteiger partial charge in [-0.1, -0.05) is 0 Å². The first-order valence-electron chi connectivity index (χ1n) is 7.86. The molecule has 0 bridgehead atoms. The van der Waals surface area contributed by atoms with Crippen LogP contribution in [0.2, 0.25) is 0 Å². The molecule has 3 rings (SSSR count). The fourth-order valence-electron chi connectivity index (χ4n) is 2.90. The van der Waals surface area contributed by atoms with Gasteiger partial charge in [0, 0.05) is 45.5 Å². The molecule has 0 unspecified atom stereocenters. The Morgan fingerprint density at radius 2 is 1.61 bits per heavy atom. The van der Waals surface area contributed by atoms with Crippen LogP contribution in [0.5, 0.6) is 0 Å². The summed E-state index contributed by atoms with van der Waals surface area (Å²) in [7, 11) is -3.39. The van der Waals surface area contributed by atoms with Gasteiger partial charge < -0.3 is 9.64 Å². The van der Waals surface area contributed by atoms with Crippen LogP contribution < -0.4 is 4.90 Å². The summed E-state index contributed by atoms with van der Waals surface area (Å²) in [6, 6.07) is 0. The summed E-state index contributed by atoms with van der Waals surface area (Å²) in [5.74, 6) is 0.855. The minimum absolute atomic E-state index is 0.436. The number of nitrogens with zero attached hydrogens (tertiary/aromatic N) is 5. The molecule has 128 valence electrons. The second kappa shape index (κ2) is 6.68. The van der Waals surface area contributed by atoms with Crippen molar-refractivity contribution in [1.82, 2.24) is 18.6 Å². The quantitative estimate of drug-likeness (QED) is 0.757. The maximum atomic E-state index is 12.7. The topological polar surface area (TPSA) is 78.9 Å². The number of aryl methyl sites for hydroxylation is 2. The van der Waals surface area contributed by atoms with Crippen molar-refractivity contribution in [2.75, 3.05) is 57.4 Å². The number of anilines is 1. The number of rotatable bonds is 3. The van der Waals surface area contributed by atoms with E-state index in [-0.39, 0.29) is 0 Å². The van der Waals surface area contributed by atoms with Crippen LogP contribution in [-0.4, -0.2) is 79.5 Å². The number of hydrogen-bond donors (Lipinski definition) is 0. The monoisotopic (exact) mass is 341 g/mol. The third-order valence-corrected chi connectivity index (χ3v) is 6.25. The van der Waals surface area contributed by atoms with Crippen LogP contribution in [0.1, 0.15) is 11.4 Å². The second-order valence-electron chi connectivity index (χ2n) is 5.83. The zero-order valence-electron chi connectivity index (χ0n) is 13.6. The van der Waals surface area contributed by atoms with Gasteiger partial charge in [0.15, 0.2) is 0 Å². The van der Waals surface area contributed by atoms with Crippen molar-refractivity contribution in [2.45, 2.75) is 13.8 Å². The summed E-state index contributed by atoms with van der Waals surface area (Å²) in [5, 5.41) is 0. The average molecular weight is 341 g/mol. The molecule has 2 aliphatic heterocycles. The Balaban J connectivity index is 1.67. The zero-order chi connectivity index (χ0) is 16.4. The van der Waals surface area contributed by atoms with Gasteiger partial charge >= 0.3 is 0 Å². The Bertz CT molecular complexity index is 652. The van der Waals surface area contributed by atoms with E-state index in [1.807, 2.05) is 13.8 Å². The molecule has 2 saturated heterocycles. The van der Waals surface area contributed by atoms with E-state index < -0.39 is 10.2 Å². The highest BCUT2D eigenvalue weighted by Crippen LogP contribution is 2.20. The summed E-state index contributed by atoms with van der Waals surface area (Å²) < 4.78 is 33.6. The van der Waals surface area contributed by atoms with Crippen molar-refractivity contribution in [3.05, 3.63) is 17.6 Å². The van der Waals surface area contributed by atoms with Crippen molar-refractivity contribution < 1.29 is 13.2 Å². The van der Waals surface area contributed by atoms with Crippen molar-refractivity contribution in [3.8, 4) is 0 Å². The van der Waals surface area contributed by atoms with Crippen LogP contribution in [0, 0.1) is 13.8 Å². The molecule has 0 spiro atoms. The first-order chi connectivity index (χ1) is 11.0. The SMILES string of the molecule is Cc1cnc(C)c(N2CCN(S(=O)(=O)N3CCOCC3)CC2)n1. The number of hydrogen-bond acceptors (Lipinski definition) is 6. The lowest BCUT2D eigenvalue weighted by Crippen LogP contribution is -2.55. The molecule has 2 aliphatic rings. The van der Waals surface area contributed by atoms with Gasteiger partial charge in [-0.15, -0.1) is 0 Å². The smallest absolute Gasteiger partial charge is 0.282 e. The van der Waals surface area contributed by atoms with E-state index in [0.717, 1.165) is 17.2 Å². The van der Waals surface area contributed by atoms with Crippen molar-refractivity contribution in [1.29, 1.82) is 0 Å². The van der Waals surface area contributed by atoms with Crippen LogP contribution in [-0.2, 0) is 14.9 Å². The lowest BCUT2D eigenvalue weighted by Gasteiger charge is -2.38. The summed E-state index contributed by atoms with van der Waals surface area (Å²) >= 11 is 0. The van der Waals surface area contributed by atoms with E-state index >= 15 is 0 Å². The fraction of sp³-hybridized carbons (Fsp3) is 0.714. The van der Waals surface area contributed by atoms with E-state index in [0.29, 0.717) is 52.5 Å². The van der Waals surface area contributed by atoms with Gasteiger partial charge in [-0.25, -0.2) is 4.98 Å². The Morgan fingerprint density at radius 3 is 2.26 bits per heavy atom. The standard InChI is InChI=1S/C14H23N5O3S/c1-12-11-15-13(2)14(16-12)17-3-5-18(6-4-17)23(20,21)19-7-9-22-10-8-19/h11H,3-10H2,1-2H3. The summed E-state index contributed by atoms with van der Waals surface area (Å²) in [5.41, 5.74) is 1.74. The highest BCUT2D eigenvalue weighted by Gasteiger charge is 2.33. The van der Waals surface area contributed by atoms with Gasteiger partial charge in [0.25, 0.3) is 10.2 Å². The van der Waals surface area contributed by atoms with Gasteiger partial charge in [0.2, 0.25) is 0 Å². The third kappa shape index (κ3) is 3.47. The van der Waals surface area contributed by atoms with Crippen molar-refractivity contribution in [3.63, 3.8) is 0 Å². The van der Waals surface area contributed by atoms with Crippen LogP contribution in [0.25, 0.3) is 0 Å². The first kappa shape index (κ1) is 16.6. The summed E-state index contributed by atoms with van der Waals surface area (Å²) in [4.78, 5) is 11.0. The molecular weight excluding hydrogens is 318 g/mol. The molecule has 3 heterocycles. The average Bonchev–Trinajstić information content (AvgIpc) is 2.58. The molecule has 8 nitrogen and oxygen atoms in total. The molecule has 0 aromatic carbocycles. The minimum atomic E-state index is -3.39. The van der Waals surface area contributed by atoms with E-state index in [9.17, 15) is 8.42 Å². The molecule has 23 heavy (non-hydrogen) atoms. The summed E-state index contributed by atoms with van der Waals surface area (Å²) in [6.45, 7) is 7.84. The maximum Gasteiger partial charge on any atom is 0.282 e. The van der Waals surface area contributed by atoms with Crippen molar-refractivity contribution >= 4 is 16.0 Å². The molecule has 0 atom stereocenters. The number of aromatic nitrogens is 2. The Hall–Kier alpha value is -1.29. The largest absolute Gasteiger partial charge is 0.379 e. The van der Waals surface area contributed by atoms with Crippen LogP contribution >= 0.6 is 0 Å². The molecule has 0 N–H and O–H groups in total. The van der Waals surface area contributed by atoms with Gasteiger partial charge in [0.05, 0.1) is 24.6 Å². The number of ether oxygens (including phenoxy) is 1. The normalized spacial score (nSPS) is 21.6. The zero-order valence-corrected chi connectivity index (χ0v) is 14.4. The molecule has 1 aromatic rings. The predicted molar refractivity (Wildman–Crippen MR) is 86.6 cm³/mol. The lowest BCUT2D eigenvalue weighted by atomic mass is 10.3. The molecule has 1 aromatic heterocycles. The molecule has 0 saturated carbocycles. The van der Waals surface area contributed by atoms with Gasteiger partial charge in [-0.05, 0) is 13.8 Å². The van der Waals surface area contributed by atoms with Crippen LogP contribution in [0.4, 0.5) is 5.82 Å². The molecular formula is C14H23N5O3S. The second-order valence-corrected chi connectivity index (χ2v) is 7.75. The minimum Gasteiger partial charge on any atom is -0.379 e. The van der Waals surface area contributed by atoms with Crippen molar-refractivity contribution in [2.24, 2.45) is 0 Å². The molecule has 0 amide bonds. The molecule has 9 heteroatoms. The van der Waals surface area contributed by atoms with Gasteiger partial charge in [0.1, 0.15) is 5.82 Å². The number of morpholine rings is 1. The van der Waals surface area contributed by atoms with Gasteiger partial charge in [-0.3, -0.25) is 4.98 Å². The highest BCUT2D eigenvalue weighted by atomic mass is 32.2. The molecule has 0 aliphatic carbocycles. The Kier molecular flexibility index (Phi) is 4.81. The van der Waals surface area contributed by atoms with E-state index in [2.05, 4.69) is 14.9 Å². The van der Waals surface area contributed by atoms with E-state index in [4.69, 9.17) is 4.74 Å². The number of piperazine rings is 1.